The van der Waals surface area contributed by atoms with Crippen molar-refractivity contribution in [2.75, 3.05) is 11.5 Å². The summed E-state index contributed by atoms with van der Waals surface area (Å²) in [5.74, 6) is 0.104. The van der Waals surface area contributed by atoms with E-state index in [1.54, 1.807) is 6.92 Å². The minimum absolute atomic E-state index is 0.282. The molecule has 2 aliphatic rings. The first kappa shape index (κ1) is 13.2. The molecule has 1 aromatic carbocycles. The molecular formula is C16H19NO3. The molecular weight excluding hydrogens is 254 g/mol. The van der Waals surface area contributed by atoms with E-state index in [1.807, 2.05) is 24.3 Å². The fraction of sp³-hybridized carbons (Fsp3) is 0.500. The van der Waals surface area contributed by atoms with Crippen LogP contribution in [-0.2, 0) is 9.53 Å². The highest BCUT2D eigenvalue weighted by Crippen LogP contribution is 2.37. The quantitative estimate of drug-likeness (QED) is 0.794. The van der Waals surface area contributed by atoms with Crippen molar-refractivity contribution >= 4 is 17.4 Å². The third kappa shape index (κ3) is 2.30. The Morgan fingerprint density at radius 3 is 2.35 bits per heavy atom. The van der Waals surface area contributed by atoms with Gasteiger partial charge in [0, 0.05) is 30.6 Å². The van der Waals surface area contributed by atoms with Crippen LogP contribution in [0.3, 0.4) is 0 Å². The summed E-state index contributed by atoms with van der Waals surface area (Å²) in [5, 5.41) is 0. The van der Waals surface area contributed by atoms with Crippen molar-refractivity contribution in [2.24, 2.45) is 0 Å². The van der Waals surface area contributed by atoms with Gasteiger partial charge < -0.3 is 9.64 Å². The van der Waals surface area contributed by atoms with Gasteiger partial charge in [-0.3, -0.25) is 4.79 Å². The lowest BCUT2D eigenvalue weighted by Gasteiger charge is -2.36. The van der Waals surface area contributed by atoms with E-state index < -0.39 is 0 Å². The second-order valence-corrected chi connectivity index (χ2v) is 5.51. The van der Waals surface area contributed by atoms with Crippen LogP contribution < -0.4 is 4.90 Å². The number of piperidine rings is 1. The topological polar surface area (TPSA) is 46.6 Å². The summed E-state index contributed by atoms with van der Waals surface area (Å²) in [6, 6.07) is 8.23. The molecule has 0 aliphatic carbocycles. The van der Waals surface area contributed by atoms with E-state index in [-0.39, 0.29) is 5.97 Å². The SMILES string of the molecule is CCOC(=O)c1ccc(N2C3CCC2CC(=O)C3)cc1. The van der Waals surface area contributed by atoms with Gasteiger partial charge in [0.1, 0.15) is 5.78 Å². The highest BCUT2D eigenvalue weighted by molar-refractivity contribution is 5.90. The maximum absolute atomic E-state index is 11.6. The molecule has 3 rings (SSSR count). The molecule has 0 N–H and O–H groups in total. The number of benzene rings is 1. The van der Waals surface area contributed by atoms with Crippen LogP contribution in [0.25, 0.3) is 0 Å². The van der Waals surface area contributed by atoms with Gasteiger partial charge in [-0.25, -0.2) is 4.79 Å². The number of anilines is 1. The van der Waals surface area contributed by atoms with Crippen molar-refractivity contribution in [2.45, 2.75) is 44.7 Å². The maximum Gasteiger partial charge on any atom is 0.338 e. The van der Waals surface area contributed by atoms with Crippen LogP contribution in [0.4, 0.5) is 5.69 Å². The molecule has 0 radical (unpaired) electrons. The van der Waals surface area contributed by atoms with E-state index in [4.69, 9.17) is 4.74 Å². The van der Waals surface area contributed by atoms with Gasteiger partial charge in [-0.05, 0) is 44.0 Å². The molecule has 2 aliphatic heterocycles. The minimum atomic E-state index is -0.282. The Balaban J connectivity index is 1.78. The van der Waals surface area contributed by atoms with Crippen LogP contribution in [0.15, 0.2) is 24.3 Å². The van der Waals surface area contributed by atoms with Crippen LogP contribution in [0.2, 0.25) is 0 Å². The number of carbonyl (C=O) groups is 2. The van der Waals surface area contributed by atoms with Gasteiger partial charge in [0.25, 0.3) is 0 Å². The second kappa shape index (κ2) is 5.27. The number of Topliss-reactive ketones (excluding diaryl/α,β-unsaturated/α-hetero) is 1. The zero-order chi connectivity index (χ0) is 14.1. The molecule has 4 nitrogen and oxygen atoms in total. The summed E-state index contributed by atoms with van der Waals surface area (Å²) in [4.78, 5) is 25.6. The zero-order valence-corrected chi connectivity index (χ0v) is 11.7. The first-order chi connectivity index (χ1) is 9.69. The number of hydrogen-bond acceptors (Lipinski definition) is 4. The number of hydrogen-bond donors (Lipinski definition) is 0. The number of ketones is 1. The molecule has 2 saturated heterocycles. The molecule has 2 fully saturated rings. The number of esters is 1. The second-order valence-electron chi connectivity index (χ2n) is 5.51. The molecule has 0 amide bonds. The number of carbonyl (C=O) groups excluding carboxylic acids is 2. The van der Waals surface area contributed by atoms with Crippen molar-refractivity contribution < 1.29 is 14.3 Å². The van der Waals surface area contributed by atoms with Crippen LogP contribution in [0, 0.1) is 0 Å². The number of rotatable bonds is 3. The molecule has 2 atom stereocenters. The number of fused-ring (bicyclic) bond motifs is 2. The van der Waals surface area contributed by atoms with Crippen molar-refractivity contribution in [3.05, 3.63) is 29.8 Å². The molecule has 2 unspecified atom stereocenters. The molecule has 1 aromatic rings. The standard InChI is InChI=1S/C16H19NO3/c1-2-20-16(19)11-3-5-12(6-4-11)17-13-7-8-14(17)10-15(18)9-13/h3-6,13-14H,2,7-10H2,1H3. The van der Waals surface area contributed by atoms with Crippen molar-refractivity contribution in [1.82, 2.24) is 0 Å². The van der Waals surface area contributed by atoms with Crippen LogP contribution >= 0.6 is 0 Å². The van der Waals surface area contributed by atoms with Gasteiger partial charge in [0.2, 0.25) is 0 Å². The first-order valence-electron chi connectivity index (χ1n) is 7.26. The van der Waals surface area contributed by atoms with E-state index in [0.717, 1.165) is 18.5 Å². The lowest BCUT2D eigenvalue weighted by molar-refractivity contribution is -0.120. The highest BCUT2D eigenvalue weighted by atomic mass is 16.5. The first-order valence-corrected chi connectivity index (χ1v) is 7.26. The van der Waals surface area contributed by atoms with E-state index in [0.29, 0.717) is 42.9 Å². The molecule has 2 heterocycles. The van der Waals surface area contributed by atoms with Gasteiger partial charge in [0.05, 0.1) is 12.2 Å². The summed E-state index contributed by atoms with van der Waals surface area (Å²) in [7, 11) is 0. The molecule has 0 saturated carbocycles. The summed E-state index contributed by atoms with van der Waals surface area (Å²) in [6.45, 7) is 2.19. The third-order valence-electron chi connectivity index (χ3n) is 4.22. The summed E-state index contributed by atoms with van der Waals surface area (Å²) >= 11 is 0. The van der Waals surface area contributed by atoms with Crippen molar-refractivity contribution in [3.63, 3.8) is 0 Å². The lowest BCUT2D eigenvalue weighted by Crippen LogP contribution is -2.43. The van der Waals surface area contributed by atoms with E-state index in [2.05, 4.69) is 4.90 Å². The summed E-state index contributed by atoms with van der Waals surface area (Å²) < 4.78 is 4.98. The highest BCUT2D eigenvalue weighted by Gasteiger charge is 2.40. The molecule has 106 valence electrons. The van der Waals surface area contributed by atoms with Crippen molar-refractivity contribution in [1.29, 1.82) is 0 Å². The molecule has 0 aromatic heterocycles. The average molecular weight is 273 g/mol. The Morgan fingerprint density at radius 2 is 1.80 bits per heavy atom. The Bertz CT molecular complexity index is 507. The van der Waals surface area contributed by atoms with E-state index in [1.165, 1.54) is 0 Å². The predicted molar refractivity (Wildman–Crippen MR) is 75.9 cm³/mol. The molecule has 20 heavy (non-hydrogen) atoms. The Hall–Kier alpha value is -1.84. The largest absolute Gasteiger partial charge is 0.462 e. The smallest absolute Gasteiger partial charge is 0.338 e. The Morgan fingerprint density at radius 1 is 1.20 bits per heavy atom. The number of ether oxygens (including phenoxy) is 1. The van der Waals surface area contributed by atoms with Gasteiger partial charge in [0.15, 0.2) is 0 Å². The normalized spacial score (nSPS) is 24.9. The zero-order valence-electron chi connectivity index (χ0n) is 11.7. The van der Waals surface area contributed by atoms with E-state index >= 15 is 0 Å². The molecule has 4 heteroatoms. The minimum Gasteiger partial charge on any atom is -0.462 e. The van der Waals surface area contributed by atoms with Gasteiger partial charge >= 0.3 is 5.97 Å². The fourth-order valence-electron chi connectivity index (χ4n) is 3.38. The van der Waals surface area contributed by atoms with Crippen LogP contribution in [0.1, 0.15) is 43.0 Å². The summed E-state index contributed by atoms with van der Waals surface area (Å²) in [6.07, 6.45) is 3.51. The Labute approximate surface area is 118 Å². The molecule has 2 bridgehead atoms. The average Bonchev–Trinajstić information content (AvgIpc) is 2.71. The molecule has 0 spiro atoms. The van der Waals surface area contributed by atoms with E-state index in [9.17, 15) is 9.59 Å². The number of nitrogens with zero attached hydrogens (tertiary/aromatic N) is 1. The maximum atomic E-state index is 11.6. The third-order valence-corrected chi connectivity index (χ3v) is 4.22. The van der Waals surface area contributed by atoms with Crippen molar-refractivity contribution in [3.8, 4) is 0 Å². The fourth-order valence-corrected chi connectivity index (χ4v) is 3.38. The van der Waals surface area contributed by atoms with Gasteiger partial charge in [-0.15, -0.1) is 0 Å². The summed E-state index contributed by atoms with van der Waals surface area (Å²) in [5.41, 5.74) is 1.69. The lowest BCUT2D eigenvalue weighted by atomic mass is 10.0. The van der Waals surface area contributed by atoms with Crippen LogP contribution in [-0.4, -0.2) is 30.4 Å². The Kier molecular flexibility index (Phi) is 3.47. The van der Waals surface area contributed by atoms with Gasteiger partial charge in [-0.1, -0.05) is 0 Å². The monoisotopic (exact) mass is 273 g/mol. The van der Waals surface area contributed by atoms with Gasteiger partial charge in [-0.2, -0.15) is 0 Å². The predicted octanol–water partition coefficient (Wildman–Crippen LogP) is 2.56. The van der Waals surface area contributed by atoms with Crippen LogP contribution in [0.5, 0.6) is 0 Å².